The van der Waals surface area contributed by atoms with E-state index in [0.717, 1.165) is 16.3 Å². The van der Waals surface area contributed by atoms with Gasteiger partial charge in [0.1, 0.15) is 12.1 Å². The van der Waals surface area contributed by atoms with Crippen molar-refractivity contribution in [1.82, 2.24) is 9.97 Å². The van der Waals surface area contributed by atoms with E-state index in [0.29, 0.717) is 16.5 Å². The number of benzene rings is 3. The molecule has 0 aliphatic carbocycles. The number of nitrogens with one attached hydrogen (secondary N) is 1. The summed E-state index contributed by atoms with van der Waals surface area (Å²) in [5.41, 5.74) is 0.994. The lowest BCUT2D eigenvalue weighted by molar-refractivity contribution is -0.385. The summed E-state index contributed by atoms with van der Waals surface area (Å²) in [5.74, 6) is 0.337. The molecule has 1 aromatic heterocycles. The van der Waals surface area contributed by atoms with Crippen molar-refractivity contribution >= 4 is 39.6 Å². The van der Waals surface area contributed by atoms with Crippen LogP contribution in [0.5, 0.6) is 11.6 Å². The number of fused-ring (bicyclic) bond motifs is 1. The average Bonchev–Trinajstić information content (AvgIpc) is 2.72. The number of nitro groups is 1. The number of anilines is 2. The molecule has 1 heterocycles. The third kappa shape index (κ3) is 3.68. The zero-order valence-corrected chi connectivity index (χ0v) is 16.1. The molecule has 3 aromatic carbocycles. The molecule has 0 amide bonds. The van der Waals surface area contributed by atoms with Gasteiger partial charge in [-0.25, -0.2) is 4.98 Å². The van der Waals surface area contributed by atoms with Crippen LogP contribution in [0.15, 0.2) is 67.0 Å². The Morgan fingerprint density at radius 3 is 2.62 bits per heavy atom. The van der Waals surface area contributed by atoms with Crippen LogP contribution in [0.4, 0.5) is 17.2 Å². The molecule has 7 nitrogen and oxygen atoms in total. The number of hydrogen-bond acceptors (Lipinski definition) is 6. The Hall–Kier alpha value is -3.71. The van der Waals surface area contributed by atoms with Crippen LogP contribution in [0.2, 0.25) is 5.02 Å². The van der Waals surface area contributed by atoms with Crippen molar-refractivity contribution in [2.45, 2.75) is 6.92 Å². The predicted molar refractivity (Wildman–Crippen MR) is 112 cm³/mol. The van der Waals surface area contributed by atoms with Gasteiger partial charge in [-0.1, -0.05) is 54.1 Å². The fourth-order valence-corrected chi connectivity index (χ4v) is 3.13. The third-order valence-corrected chi connectivity index (χ3v) is 4.86. The second kappa shape index (κ2) is 7.73. The van der Waals surface area contributed by atoms with Crippen molar-refractivity contribution in [3.05, 3.63) is 87.7 Å². The summed E-state index contributed by atoms with van der Waals surface area (Å²) in [4.78, 5) is 19.3. The first-order valence-electron chi connectivity index (χ1n) is 8.71. The van der Waals surface area contributed by atoms with Crippen LogP contribution in [-0.4, -0.2) is 14.9 Å². The quantitative estimate of drug-likeness (QED) is 0.321. The van der Waals surface area contributed by atoms with Gasteiger partial charge < -0.3 is 10.1 Å². The number of aromatic nitrogens is 2. The van der Waals surface area contributed by atoms with Crippen molar-refractivity contribution in [2.24, 2.45) is 0 Å². The Morgan fingerprint density at radius 1 is 1.03 bits per heavy atom. The van der Waals surface area contributed by atoms with Gasteiger partial charge in [0.05, 0.1) is 4.92 Å². The SMILES string of the molecule is Cc1c(Cl)cccc1Nc1ncnc(Oc2cccc3ccccc23)c1[N+](=O)[O-]. The van der Waals surface area contributed by atoms with E-state index < -0.39 is 4.92 Å². The molecule has 0 aliphatic rings. The van der Waals surface area contributed by atoms with E-state index in [1.807, 2.05) is 43.3 Å². The molecule has 8 heteroatoms. The number of halogens is 1. The molecule has 0 aliphatic heterocycles. The first kappa shape index (κ1) is 18.6. The van der Waals surface area contributed by atoms with Gasteiger partial charge in [-0.05, 0) is 36.1 Å². The molecule has 29 heavy (non-hydrogen) atoms. The molecule has 144 valence electrons. The van der Waals surface area contributed by atoms with Gasteiger partial charge in [0.2, 0.25) is 5.82 Å². The highest BCUT2D eigenvalue weighted by Gasteiger charge is 2.26. The largest absolute Gasteiger partial charge is 0.433 e. The molecule has 4 rings (SSSR count). The summed E-state index contributed by atoms with van der Waals surface area (Å²) >= 11 is 6.15. The van der Waals surface area contributed by atoms with E-state index in [4.69, 9.17) is 16.3 Å². The maximum atomic E-state index is 11.8. The van der Waals surface area contributed by atoms with Crippen LogP contribution >= 0.6 is 11.6 Å². The fourth-order valence-electron chi connectivity index (χ4n) is 2.95. The van der Waals surface area contributed by atoms with Crippen LogP contribution in [0.25, 0.3) is 10.8 Å². The highest BCUT2D eigenvalue weighted by Crippen LogP contribution is 2.38. The minimum Gasteiger partial charge on any atom is -0.433 e. The topological polar surface area (TPSA) is 90.2 Å². The van der Waals surface area contributed by atoms with Crippen LogP contribution in [0.3, 0.4) is 0 Å². The van der Waals surface area contributed by atoms with Crippen molar-refractivity contribution in [3.63, 3.8) is 0 Å². The van der Waals surface area contributed by atoms with E-state index in [1.165, 1.54) is 6.33 Å². The zero-order valence-electron chi connectivity index (χ0n) is 15.3. The summed E-state index contributed by atoms with van der Waals surface area (Å²) < 4.78 is 5.86. The lowest BCUT2D eigenvalue weighted by Crippen LogP contribution is -2.04. The smallest absolute Gasteiger partial charge is 0.373 e. The number of rotatable bonds is 5. The predicted octanol–water partition coefficient (Wildman–Crippen LogP) is 6.04. The summed E-state index contributed by atoms with van der Waals surface area (Å²) in [7, 11) is 0. The van der Waals surface area contributed by atoms with Gasteiger partial charge in [-0.2, -0.15) is 4.98 Å². The number of ether oxygens (including phenoxy) is 1. The van der Waals surface area contributed by atoms with Gasteiger partial charge in [-0.3, -0.25) is 10.1 Å². The number of nitrogens with zero attached hydrogens (tertiary/aromatic N) is 3. The van der Waals surface area contributed by atoms with E-state index in [9.17, 15) is 10.1 Å². The second-order valence-electron chi connectivity index (χ2n) is 6.25. The van der Waals surface area contributed by atoms with Crippen molar-refractivity contribution < 1.29 is 9.66 Å². The van der Waals surface area contributed by atoms with E-state index in [-0.39, 0.29) is 17.4 Å². The molecule has 0 spiro atoms. The van der Waals surface area contributed by atoms with Crippen LogP contribution in [-0.2, 0) is 0 Å². The molecule has 0 atom stereocenters. The Kier molecular flexibility index (Phi) is 4.97. The Balaban J connectivity index is 1.77. The lowest BCUT2D eigenvalue weighted by atomic mass is 10.1. The molecule has 0 unspecified atom stereocenters. The van der Waals surface area contributed by atoms with E-state index in [1.54, 1.807) is 24.3 Å². The second-order valence-corrected chi connectivity index (χ2v) is 6.66. The van der Waals surface area contributed by atoms with Gasteiger partial charge in [-0.15, -0.1) is 0 Å². The Labute approximate surface area is 171 Å². The molecule has 1 N–H and O–H groups in total. The van der Waals surface area contributed by atoms with E-state index in [2.05, 4.69) is 15.3 Å². The summed E-state index contributed by atoms with van der Waals surface area (Å²) in [5, 5.41) is 17.1. The molecule has 4 aromatic rings. The Bertz CT molecular complexity index is 1220. The van der Waals surface area contributed by atoms with Crippen LogP contribution in [0, 0.1) is 17.0 Å². The van der Waals surface area contributed by atoms with Crippen LogP contribution in [0.1, 0.15) is 5.56 Å². The summed E-state index contributed by atoms with van der Waals surface area (Å²) in [6, 6.07) is 18.3. The highest BCUT2D eigenvalue weighted by molar-refractivity contribution is 6.31. The molecular weight excluding hydrogens is 392 g/mol. The van der Waals surface area contributed by atoms with Gasteiger partial charge >= 0.3 is 11.6 Å². The number of hydrogen-bond donors (Lipinski definition) is 1. The zero-order chi connectivity index (χ0) is 20.4. The molecule has 0 bridgehead atoms. The van der Waals surface area contributed by atoms with E-state index >= 15 is 0 Å². The van der Waals surface area contributed by atoms with Gasteiger partial charge in [0.25, 0.3) is 0 Å². The maximum absolute atomic E-state index is 11.8. The molecule has 0 fully saturated rings. The summed E-state index contributed by atoms with van der Waals surface area (Å²) in [6.07, 6.45) is 1.22. The normalized spacial score (nSPS) is 10.7. The standard InChI is InChI=1S/C21H15ClN4O3/c1-13-16(22)9-5-10-17(13)25-20-19(26(27)28)21(24-12-23-20)29-18-11-4-7-14-6-2-3-8-15(14)18/h2-12H,1H3,(H,23,24,25). The maximum Gasteiger partial charge on any atom is 0.373 e. The molecule has 0 radical (unpaired) electrons. The monoisotopic (exact) mass is 406 g/mol. The molecule has 0 saturated carbocycles. The Morgan fingerprint density at radius 2 is 1.79 bits per heavy atom. The lowest BCUT2D eigenvalue weighted by Gasteiger charge is -2.12. The summed E-state index contributed by atoms with van der Waals surface area (Å²) in [6.45, 7) is 1.81. The first-order chi connectivity index (χ1) is 14.0. The van der Waals surface area contributed by atoms with Crippen molar-refractivity contribution in [3.8, 4) is 11.6 Å². The van der Waals surface area contributed by atoms with Crippen molar-refractivity contribution in [2.75, 3.05) is 5.32 Å². The molecular formula is C21H15ClN4O3. The van der Waals surface area contributed by atoms with Crippen LogP contribution < -0.4 is 10.1 Å². The van der Waals surface area contributed by atoms with Crippen molar-refractivity contribution in [1.29, 1.82) is 0 Å². The molecule has 0 saturated heterocycles. The third-order valence-electron chi connectivity index (χ3n) is 4.45. The first-order valence-corrected chi connectivity index (χ1v) is 9.09. The minimum atomic E-state index is -0.567. The fraction of sp³-hybridized carbons (Fsp3) is 0.0476. The highest BCUT2D eigenvalue weighted by atomic mass is 35.5. The average molecular weight is 407 g/mol. The van der Waals surface area contributed by atoms with Gasteiger partial charge in [0, 0.05) is 16.1 Å². The van der Waals surface area contributed by atoms with Gasteiger partial charge in [0.15, 0.2) is 0 Å². The minimum absolute atomic E-state index is 0.0191.